The summed E-state index contributed by atoms with van der Waals surface area (Å²) >= 11 is 0. The second-order valence-electron chi connectivity index (χ2n) is 4.21. The molecule has 0 aromatic heterocycles. The van der Waals surface area contributed by atoms with E-state index in [0.29, 0.717) is 0 Å². The first-order chi connectivity index (χ1) is 8.54. The number of carboxylic acid groups (broad SMARTS) is 2. The second-order valence-corrected chi connectivity index (χ2v) is 4.21. The van der Waals surface area contributed by atoms with E-state index in [1.807, 2.05) is 0 Å². The van der Waals surface area contributed by atoms with E-state index >= 15 is 0 Å². The molecule has 0 bridgehead atoms. The van der Waals surface area contributed by atoms with E-state index in [4.69, 9.17) is 30.6 Å². The van der Waals surface area contributed by atoms with Crippen LogP contribution in [-0.2, 0) is 9.59 Å². The SMILES string of the molecule is C=C(C)C(=O)O.C=C(C)C(=O)O.CC(O)(O)C(C)(O)O. The Kier molecular flexibility index (Phi) is 10.8. The lowest BCUT2D eigenvalue weighted by molar-refractivity contribution is -0.339. The van der Waals surface area contributed by atoms with Crippen molar-refractivity contribution in [3.05, 3.63) is 24.3 Å². The Bertz CT molecular complexity index is 297. The van der Waals surface area contributed by atoms with Gasteiger partial charge in [-0.15, -0.1) is 0 Å². The normalized spacial score (nSPS) is 10.2. The largest absolute Gasteiger partial charge is 0.478 e. The van der Waals surface area contributed by atoms with Gasteiger partial charge in [0.1, 0.15) is 0 Å². The molecule has 6 N–H and O–H groups in total. The summed E-state index contributed by atoms with van der Waals surface area (Å²) in [7, 11) is 0. The summed E-state index contributed by atoms with van der Waals surface area (Å²) < 4.78 is 0. The lowest BCUT2D eigenvalue weighted by Gasteiger charge is -2.27. The monoisotopic (exact) mass is 294 g/mol. The van der Waals surface area contributed by atoms with Gasteiger partial charge in [0.25, 0.3) is 0 Å². The number of carboxylic acids is 2. The van der Waals surface area contributed by atoms with Crippen molar-refractivity contribution in [1.29, 1.82) is 0 Å². The van der Waals surface area contributed by atoms with Crippen molar-refractivity contribution in [2.24, 2.45) is 0 Å². The van der Waals surface area contributed by atoms with E-state index in [1.165, 1.54) is 13.8 Å². The van der Waals surface area contributed by atoms with Crippen molar-refractivity contribution < 1.29 is 40.2 Å². The Balaban J connectivity index is -0.000000221. The van der Waals surface area contributed by atoms with Crippen LogP contribution in [0.3, 0.4) is 0 Å². The van der Waals surface area contributed by atoms with Gasteiger partial charge in [-0.25, -0.2) is 9.59 Å². The van der Waals surface area contributed by atoms with Gasteiger partial charge in [-0.05, 0) is 27.7 Å². The average Bonchev–Trinajstić information content (AvgIpc) is 2.15. The molecule has 0 atom stereocenters. The van der Waals surface area contributed by atoms with Crippen LogP contribution in [0.2, 0.25) is 0 Å². The van der Waals surface area contributed by atoms with Gasteiger partial charge in [0.15, 0.2) is 0 Å². The average molecular weight is 294 g/mol. The first-order valence-corrected chi connectivity index (χ1v) is 5.21. The summed E-state index contributed by atoms with van der Waals surface area (Å²) in [6, 6.07) is 0. The molecule has 0 aromatic carbocycles. The van der Waals surface area contributed by atoms with Crippen LogP contribution in [0, 0.1) is 0 Å². The maximum absolute atomic E-state index is 9.60. The van der Waals surface area contributed by atoms with Crippen LogP contribution in [0.25, 0.3) is 0 Å². The van der Waals surface area contributed by atoms with E-state index in [0.717, 1.165) is 13.8 Å². The van der Waals surface area contributed by atoms with Crippen molar-refractivity contribution in [2.45, 2.75) is 39.3 Å². The number of aliphatic carboxylic acids is 2. The highest BCUT2D eigenvalue weighted by atomic mass is 16.6. The second kappa shape index (κ2) is 9.21. The van der Waals surface area contributed by atoms with Crippen LogP contribution >= 0.6 is 0 Å². The van der Waals surface area contributed by atoms with Crippen molar-refractivity contribution in [3.8, 4) is 0 Å². The molecule has 0 aromatic rings. The molecular weight excluding hydrogens is 272 g/mol. The van der Waals surface area contributed by atoms with Crippen molar-refractivity contribution in [1.82, 2.24) is 0 Å². The van der Waals surface area contributed by atoms with Crippen molar-refractivity contribution in [3.63, 3.8) is 0 Å². The van der Waals surface area contributed by atoms with Crippen LogP contribution in [0.4, 0.5) is 0 Å². The number of hydrogen-bond acceptors (Lipinski definition) is 6. The first-order valence-electron chi connectivity index (χ1n) is 5.21. The quantitative estimate of drug-likeness (QED) is 0.305. The van der Waals surface area contributed by atoms with Crippen molar-refractivity contribution >= 4 is 11.9 Å². The minimum Gasteiger partial charge on any atom is -0.478 e. The minimum absolute atomic E-state index is 0.176. The molecule has 0 saturated heterocycles. The van der Waals surface area contributed by atoms with Gasteiger partial charge in [0.05, 0.1) is 0 Å². The highest BCUT2D eigenvalue weighted by Gasteiger charge is 2.37. The molecule has 20 heavy (non-hydrogen) atoms. The topological polar surface area (TPSA) is 156 Å². The van der Waals surface area contributed by atoms with Crippen LogP contribution in [0.5, 0.6) is 0 Å². The number of rotatable bonds is 3. The summed E-state index contributed by atoms with van der Waals surface area (Å²) in [5.74, 6) is -6.77. The third-order valence-corrected chi connectivity index (χ3v) is 1.63. The highest BCUT2D eigenvalue weighted by molar-refractivity contribution is 5.85. The maximum Gasteiger partial charge on any atom is 0.330 e. The fourth-order valence-electron chi connectivity index (χ4n) is 0. The Morgan fingerprint density at radius 1 is 0.750 bits per heavy atom. The fraction of sp³-hybridized carbons (Fsp3) is 0.500. The Morgan fingerprint density at radius 3 is 0.850 bits per heavy atom. The number of carbonyl (C=O) groups is 2. The van der Waals surface area contributed by atoms with Gasteiger partial charge in [-0.3, -0.25) is 0 Å². The number of aliphatic hydroxyl groups is 4. The summed E-state index contributed by atoms with van der Waals surface area (Å²) in [5.41, 5.74) is 0.352. The maximum atomic E-state index is 9.60. The summed E-state index contributed by atoms with van der Waals surface area (Å²) in [5, 5.41) is 49.4. The molecule has 8 heteroatoms. The zero-order chi connectivity index (χ0) is 17.3. The summed E-state index contributed by atoms with van der Waals surface area (Å²) in [4.78, 5) is 19.2. The van der Waals surface area contributed by atoms with Gasteiger partial charge in [-0.2, -0.15) is 0 Å². The third kappa shape index (κ3) is 16.3. The van der Waals surface area contributed by atoms with Gasteiger partial charge >= 0.3 is 11.9 Å². The van der Waals surface area contributed by atoms with Crippen LogP contribution in [0.15, 0.2) is 24.3 Å². The third-order valence-electron chi connectivity index (χ3n) is 1.63. The zero-order valence-electron chi connectivity index (χ0n) is 11.9. The first kappa shape index (κ1) is 23.4. The zero-order valence-corrected chi connectivity index (χ0v) is 11.9. The molecular formula is C12H22O8. The summed E-state index contributed by atoms with van der Waals surface area (Å²) in [6.45, 7) is 11.0. The molecule has 118 valence electrons. The molecule has 0 unspecified atom stereocenters. The molecule has 0 spiro atoms. The van der Waals surface area contributed by atoms with Gasteiger partial charge in [0.2, 0.25) is 11.6 Å². The van der Waals surface area contributed by atoms with E-state index in [-0.39, 0.29) is 11.1 Å². The lowest BCUT2D eigenvalue weighted by Crippen LogP contribution is -2.49. The molecule has 0 saturated carbocycles. The van der Waals surface area contributed by atoms with Crippen LogP contribution in [-0.4, -0.2) is 54.2 Å². The highest BCUT2D eigenvalue weighted by Crippen LogP contribution is 2.13. The molecule has 0 radical (unpaired) electrons. The molecule has 8 nitrogen and oxygen atoms in total. The Morgan fingerprint density at radius 2 is 0.850 bits per heavy atom. The van der Waals surface area contributed by atoms with Gasteiger partial charge < -0.3 is 30.6 Å². The molecule has 0 aliphatic carbocycles. The molecule has 0 fully saturated rings. The van der Waals surface area contributed by atoms with E-state index in [2.05, 4.69) is 13.2 Å². The van der Waals surface area contributed by atoms with E-state index in [9.17, 15) is 9.59 Å². The molecule has 0 aliphatic heterocycles. The smallest absolute Gasteiger partial charge is 0.330 e. The predicted molar refractivity (Wildman–Crippen MR) is 70.6 cm³/mol. The molecule has 0 aliphatic rings. The lowest BCUT2D eigenvalue weighted by atomic mass is 10.1. The standard InChI is InChI=1S/C4H10O4.2C4H6O2/c1-3(5,6)4(2,7)8;2*1-3(2)4(5)6/h5-8H,1-2H3;2*1H2,2H3,(H,5,6). The number of hydrogen-bond donors (Lipinski definition) is 6. The predicted octanol–water partition coefficient (Wildman–Crippen LogP) is -0.318. The van der Waals surface area contributed by atoms with Gasteiger partial charge in [-0.1, -0.05) is 13.2 Å². The Hall–Kier alpha value is -1.74. The fourth-order valence-corrected chi connectivity index (χ4v) is 0. The van der Waals surface area contributed by atoms with Crippen LogP contribution < -0.4 is 0 Å². The molecule has 0 amide bonds. The summed E-state index contributed by atoms with van der Waals surface area (Å²) in [6.07, 6.45) is 0. The molecule has 0 heterocycles. The van der Waals surface area contributed by atoms with Crippen molar-refractivity contribution in [2.75, 3.05) is 0 Å². The van der Waals surface area contributed by atoms with E-state index in [1.54, 1.807) is 0 Å². The van der Waals surface area contributed by atoms with E-state index < -0.39 is 23.5 Å². The van der Waals surface area contributed by atoms with Gasteiger partial charge in [0, 0.05) is 11.1 Å². The Labute approximate surface area is 116 Å². The molecule has 0 rings (SSSR count). The minimum atomic E-state index is -2.45. The van der Waals surface area contributed by atoms with Crippen LogP contribution in [0.1, 0.15) is 27.7 Å².